The maximum absolute atomic E-state index is 11.7. The van der Waals surface area contributed by atoms with Gasteiger partial charge in [0, 0.05) is 6.07 Å². The smallest absolute Gasteiger partial charge is 0.177 e. The molecule has 0 fully saturated rings. The fraction of sp³-hybridized carbons (Fsp3) is 0.417. The Morgan fingerprint density at radius 1 is 1.25 bits per heavy atom. The number of Topliss-reactive ketones (excluding diaryl/α,β-unsaturated/α-hetero) is 1. The lowest BCUT2D eigenvalue weighted by Crippen LogP contribution is -2.05. The van der Waals surface area contributed by atoms with E-state index in [1.165, 1.54) is 0 Å². The number of alkyl halides is 1. The number of halogens is 1. The van der Waals surface area contributed by atoms with Crippen LogP contribution in [0.5, 0.6) is 11.5 Å². The molecule has 1 rings (SSSR count). The van der Waals surface area contributed by atoms with E-state index in [0.717, 1.165) is 17.7 Å². The summed E-state index contributed by atoms with van der Waals surface area (Å²) in [4.78, 5) is 11.7. The number of hydrogen-bond donors (Lipinski definition) is 0. The molecule has 1 aromatic carbocycles. The van der Waals surface area contributed by atoms with Crippen LogP contribution in [0.1, 0.15) is 22.8 Å². The summed E-state index contributed by atoms with van der Waals surface area (Å²) in [7, 11) is 3.16. The molecule has 88 valence electrons. The first-order valence-corrected chi connectivity index (χ1v) is 6.14. The van der Waals surface area contributed by atoms with Crippen molar-refractivity contribution in [2.24, 2.45) is 0 Å². The Kier molecular flexibility index (Phi) is 4.80. The highest BCUT2D eigenvalue weighted by Gasteiger charge is 2.15. The van der Waals surface area contributed by atoms with Gasteiger partial charge in [0.15, 0.2) is 5.78 Å². The molecule has 0 unspecified atom stereocenters. The first kappa shape index (κ1) is 13.0. The lowest BCUT2D eigenvalue weighted by molar-refractivity contribution is 0.102. The molecule has 0 aliphatic carbocycles. The zero-order valence-electron chi connectivity index (χ0n) is 9.67. The summed E-state index contributed by atoms with van der Waals surface area (Å²) in [5.74, 6) is 1.32. The van der Waals surface area contributed by atoms with E-state index in [9.17, 15) is 4.79 Å². The van der Waals surface area contributed by atoms with Crippen molar-refractivity contribution in [3.8, 4) is 11.5 Å². The van der Waals surface area contributed by atoms with E-state index < -0.39 is 0 Å². The molecule has 0 aliphatic rings. The average molecular weight is 287 g/mol. The van der Waals surface area contributed by atoms with Gasteiger partial charge in [-0.1, -0.05) is 22.9 Å². The van der Waals surface area contributed by atoms with Gasteiger partial charge in [-0.15, -0.1) is 0 Å². The molecule has 0 spiro atoms. The van der Waals surface area contributed by atoms with Crippen molar-refractivity contribution in [3.63, 3.8) is 0 Å². The maximum Gasteiger partial charge on any atom is 0.177 e. The van der Waals surface area contributed by atoms with Gasteiger partial charge in [0.1, 0.15) is 11.5 Å². The van der Waals surface area contributed by atoms with E-state index >= 15 is 0 Å². The molecule has 0 amide bonds. The fourth-order valence-electron chi connectivity index (χ4n) is 1.53. The molecule has 1 aromatic rings. The second kappa shape index (κ2) is 5.89. The van der Waals surface area contributed by atoms with Gasteiger partial charge in [0.25, 0.3) is 0 Å². The van der Waals surface area contributed by atoms with Gasteiger partial charge in [-0.2, -0.15) is 0 Å². The number of methoxy groups -OCH3 is 2. The third kappa shape index (κ3) is 2.55. The van der Waals surface area contributed by atoms with Crippen LogP contribution in [0.3, 0.4) is 0 Å². The molecule has 0 saturated carbocycles. The molecule has 0 N–H and O–H groups in total. The third-order valence-electron chi connectivity index (χ3n) is 2.41. The average Bonchev–Trinajstić information content (AvgIpc) is 2.35. The third-order valence-corrected chi connectivity index (χ3v) is 2.91. The maximum atomic E-state index is 11.7. The van der Waals surface area contributed by atoms with Crippen LogP contribution in [0.25, 0.3) is 0 Å². The van der Waals surface area contributed by atoms with E-state index in [1.54, 1.807) is 20.3 Å². The van der Waals surface area contributed by atoms with Gasteiger partial charge < -0.3 is 9.47 Å². The molecule has 0 heterocycles. The Bertz CT molecular complexity index is 388. The summed E-state index contributed by atoms with van der Waals surface area (Å²) in [6.45, 7) is 2.02. The van der Waals surface area contributed by atoms with Crippen LogP contribution >= 0.6 is 15.9 Å². The van der Waals surface area contributed by atoms with Crippen LogP contribution in [0.4, 0.5) is 0 Å². The first-order valence-electron chi connectivity index (χ1n) is 5.02. The molecular formula is C12H15BrO3. The summed E-state index contributed by atoms with van der Waals surface area (Å²) >= 11 is 3.16. The molecular weight excluding hydrogens is 272 g/mol. The number of rotatable bonds is 5. The predicted octanol–water partition coefficient (Wildman–Crippen LogP) is 2.84. The van der Waals surface area contributed by atoms with Crippen LogP contribution in [0.15, 0.2) is 12.1 Å². The number of carbonyl (C=O) groups excluding carboxylic acids is 1. The summed E-state index contributed by atoms with van der Waals surface area (Å²) < 4.78 is 10.4. The molecule has 0 atom stereocenters. The predicted molar refractivity (Wildman–Crippen MR) is 67.0 cm³/mol. The normalized spacial score (nSPS) is 10.0. The van der Waals surface area contributed by atoms with Crippen LogP contribution in [0.2, 0.25) is 0 Å². The summed E-state index contributed by atoms with van der Waals surface area (Å²) in [6.07, 6.45) is 0.815. The fourth-order valence-corrected chi connectivity index (χ4v) is 1.83. The van der Waals surface area contributed by atoms with Crippen LogP contribution < -0.4 is 9.47 Å². The Balaban J connectivity index is 3.31. The number of hydrogen-bond acceptors (Lipinski definition) is 3. The minimum absolute atomic E-state index is 0.00852. The van der Waals surface area contributed by atoms with Gasteiger partial charge >= 0.3 is 0 Å². The van der Waals surface area contributed by atoms with Crippen LogP contribution in [-0.2, 0) is 6.42 Å². The van der Waals surface area contributed by atoms with Crippen molar-refractivity contribution in [1.82, 2.24) is 0 Å². The van der Waals surface area contributed by atoms with E-state index in [-0.39, 0.29) is 5.78 Å². The molecule has 0 saturated heterocycles. The van der Waals surface area contributed by atoms with E-state index in [0.29, 0.717) is 16.6 Å². The highest BCUT2D eigenvalue weighted by Crippen LogP contribution is 2.30. The lowest BCUT2D eigenvalue weighted by atomic mass is 10.0. The SMILES string of the molecule is CCc1cc(C(=O)CBr)c(OC)cc1OC. The van der Waals surface area contributed by atoms with Gasteiger partial charge in [0.2, 0.25) is 0 Å². The van der Waals surface area contributed by atoms with E-state index in [2.05, 4.69) is 15.9 Å². The number of aryl methyl sites for hydroxylation is 1. The monoisotopic (exact) mass is 286 g/mol. The highest BCUT2D eigenvalue weighted by atomic mass is 79.9. The van der Waals surface area contributed by atoms with Crippen molar-refractivity contribution in [3.05, 3.63) is 23.3 Å². The number of benzene rings is 1. The molecule has 0 bridgehead atoms. The molecule has 3 nitrogen and oxygen atoms in total. The zero-order valence-corrected chi connectivity index (χ0v) is 11.3. The van der Waals surface area contributed by atoms with E-state index in [1.807, 2.05) is 13.0 Å². The zero-order chi connectivity index (χ0) is 12.1. The quantitative estimate of drug-likeness (QED) is 0.617. The summed E-state index contributed by atoms with van der Waals surface area (Å²) in [5.41, 5.74) is 1.60. The molecule has 4 heteroatoms. The van der Waals surface area contributed by atoms with Crippen molar-refractivity contribution >= 4 is 21.7 Å². The Hall–Kier alpha value is -1.03. The van der Waals surface area contributed by atoms with E-state index in [4.69, 9.17) is 9.47 Å². The van der Waals surface area contributed by atoms with Gasteiger partial charge in [-0.05, 0) is 18.1 Å². The largest absolute Gasteiger partial charge is 0.496 e. The lowest BCUT2D eigenvalue weighted by Gasteiger charge is -2.12. The van der Waals surface area contributed by atoms with Crippen LogP contribution in [0, 0.1) is 0 Å². The topological polar surface area (TPSA) is 35.5 Å². The first-order chi connectivity index (χ1) is 7.67. The molecule has 0 radical (unpaired) electrons. The van der Waals surface area contributed by atoms with Crippen molar-refractivity contribution < 1.29 is 14.3 Å². The summed E-state index contributed by atoms with van der Waals surface area (Å²) in [6, 6.07) is 3.59. The van der Waals surface area contributed by atoms with Crippen LogP contribution in [-0.4, -0.2) is 25.3 Å². The minimum Gasteiger partial charge on any atom is -0.496 e. The molecule has 0 aliphatic heterocycles. The second-order valence-corrected chi connectivity index (χ2v) is 3.84. The number of carbonyl (C=O) groups is 1. The molecule has 0 aromatic heterocycles. The van der Waals surface area contributed by atoms with Gasteiger partial charge in [-0.3, -0.25) is 4.79 Å². The Morgan fingerprint density at radius 2 is 1.88 bits per heavy atom. The van der Waals surface area contributed by atoms with Gasteiger partial charge in [-0.25, -0.2) is 0 Å². The second-order valence-electron chi connectivity index (χ2n) is 3.27. The van der Waals surface area contributed by atoms with Gasteiger partial charge in [0.05, 0.1) is 25.1 Å². The van der Waals surface area contributed by atoms with Crippen molar-refractivity contribution in [1.29, 1.82) is 0 Å². The highest BCUT2D eigenvalue weighted by molar-refractivity contribution is 9.09. The Labute approximate surface area is 104 Å². The number of ketones is 1. The Morgan fingerprint density at radius 3 is 2.31 bits per heavy atom. The standard InChI is InChI=1S/C12H15BrO3/c1-4-8-5-9(10(14)7-13)12(16-3)6-11(8)15-2/h5-6H,4,7H2,1-3H3. The van der Waals surface area contributed by atoms with Crippen molar-refractivity contribution in [2.45, 2.75) is 13.3 Å². The molecule has 16 heavy (non-hydrogen) atoms. The number of ether oxygens (including phenoxy) is 2. The van der Waals surface area contributed by atoms with Crippen molar-refractivity contribution in [2.75, 3.05) is 19.5 Å². The minimum atomic E-state index is 0.00852. The summed E-state index contributed by atoms with van der Waals surface area (Å²) in [5, 5.41) is 0.291.